The molecule has 0 spiro atoms. The second kappa shape index (κ2) is 9.53. The highest BCUT2D eigenvalue weighted by molar-refractivity contribution is 7.89. The Hall–Kier alpha value is -0.930. The molecule has 138 valence electrons. The molecule has 1 saturated heterocycles. The van der Waals surface area contributed by atoms with Crippen LogP contribution in [0.2, 0.25) is 0 Å². The molecule has 1 heterocycles. The second-order valence-electron chi connectivity index (χ2n) is 5.63. The summed E-state index contributed by atoms with van der Waals surface area (Å²) < 4.78 is 51.8. The summed E-state index contributed by atoms with van der Waals surface area (Å²) >= 11 is 0. The summed E-state index contributed by atoms with van der Waals surface area (Å²) in [5.41, 5.74) is 0. The number of rotatable bonds is 7. The van der Waals surface area contributed by atoms with Crippen molar-refractivity contribution >= 4 is 22.4 Å². The van der Waals surface area contributed by atoms with E-state index in [9.17, 15) is 12.8 Å². The third-order valence-corrected chi connectivity index (χ3v) is 5.34. The number of halogens is 2. The van der Waals surface area contributed by atoms with Crippen LogP contribution in [0, 0.1) is 11.7 Å². The first-order valence-electron chi connectivity index (χ1n) is 7.58. The molecule has 1 aromatic rings. The van der Waals surface area contributed by atoms with E-state index in [1.165, 1.54) is 19.2 Å². The van der Waals surface area contributed by atoms with Crippen molar-refractivity contribution in [1.29, 1.82) is 0 Å². The van der Waals surface area contributed by atoms with Gasteiger partial charge >= 0.3 is 0 Å². The third-order valence-electron chi connectivity index (χ3n) is 3.83. The molecule has 2 atom stereocenters. The molecule has 1 fully saturated rings. The first-order valence-corrected chi connectivity index (χ1v) is 9.06. The van der Waals surface area contributed by atoms with Crippen LogP contribution >= 0.6 is 12.4 Å². The van der Waals surface area contributed by atoms with Crippen LogP contribution in [0.25, 0.3) is 0 Å². The van der Waals surface area contributed by atoms with Crippen LogP contribution in [0.3, 0.4) is 0 Å². The zero-order chi connectivity index (χ0) is 16.9. The number of sulfonamides is 1. The van der Waals surface area contributed by atoms with Crippen molar-refractivity contribution in [3.05, 3.63) is 24.0 Å². The Morgan fingerprint density at radius 2 is 2.12 bits per heavy atom. The number of methoxy groups -OCH3 is 1. The number of ether oxygens (including phenoxy) is 2. The molecule has 0 amide bonds. The fourth-order valence-corrected chi connectivity index (χ4v) is 4.03. The van der Waals surface area contributed by atoms with Gasteiger partial charge in [-0.2, -0.15) is 0 Å². The van der Waals surface area contributed by atoms with Crippen molar-refractivity contribution in [3.63, 3.8) is 0 Å². The van der Waals surface area contributed by atoms with Crippen LogP contribution in [0.15, 0.2) is 23.1 Å². The summed E-state index contributed by atoms with van der Waals surface area (Å²) in [5, 5.41) is 3.21. The highest BCUT2D eigenvalue weighted by Gasteiger charge is 2.28. The van der Waals surface area contributed by atoms with Crippen LogP contribution in [-0.2, 0) is 14.8 Å². The van der Waals surface area contributed by atoms with Crippen molar-refractivity contribution in [2.75, 3.05) is 33.4 Å². The zero-order valence-corrected chi connectivity index (χ0v) is 15.4. The van der Waals surface area contributed by atoms with E-state index < -0.39 is 15.8 Å². The molecule has 2 unspecified atom stereocenters. The zero-order valence-electron chi connectivity index (χ0n) is 13.7. The van der Waals surface area contributed by atoms with Gasteiger partial charge in [0.05, 0.1) is 6.61 Å². The molecule has 2 rings (SSSR count). The fourth-order valence-electron chi connectivity index (χ4n) is 2.50. The number of nitrogens with one attached hydrogen (secondary N) is 2. The van der Waals surface area contributed by atoms with Crippen LogP contribution in [-0.4, -0.2) is 47.9 Å². The van der Waals surface area contributed by atoms with Gasteiger partial charge in [-0.25, -0.2) is 17.5 Å². The van der Waals surface area contributed by atoms with Crippen molar-refractivity contribution in [2.24, 2.45) is 5.92 Å². The van der Waals surface area contributed by atoms with Crippen molar-refractivity contribution in [3.8, 4) is 5.75 Å². The number of hydrogen-bond donors (Lipinski definition) is 2. The van der Waals surface area contributed by atoms with E-state index in [1.807, 2.05) is 6.92 Å². The van der Waals surface area contributed by atoms with Crippen molar-refractivity contribution in [1.82, 2.24) is 10.0 Å². The molecule has 9 heteroatoms. The smallest absolute Gasteiger partial charge is 0.244 e. The molecule has 24 heavy (non-hydrogen) atoms. The Morgan fingerprint density at radius 3 is 2.79 bits per heavy atom. The number of hydrogen-bond acceptors (Lipinski definition) is 5. The molecule has 2 N–H and O–H groups in total. The fraction of sp³-hybridized carbons (Fsp3) is 0.600. The minimum absolute atomic E-state index is 0. The van der Waals surface area contributed by atoms with E-state index in [2.05, 4.69) is 10.0 Å². The molecule has 1 aliphatic rings. The average molecular weight is 383 g/mol. The van der Waals surface area contributed by atoms with E-state index in [-0.39, 0.29) is 41.6 Å². The van der Waals surface area contributed by atoms with Gasteiger partial charge in [0.2, 0.25) is 10.0 Å². The van der Waals surface area contributed by atoms with Gasteiger partial charge in [-0.1, -0.05) is 6.92 Å². The van der Waals surface area contributed by atoms with Gasteiger partial charge < -0.3 is 14.8 Å². The maximum Gasteiger partial charge on any atom is 0.244 e. The van der Waals surface area contributed by atoms with Crippen LogP contribution in [0.4, 0.5) is 4.39 Å². The molecule has 1 aromatic carbocycles. The summed E-state index contributed by atoms with van der Waals surface area (Å²) in [6, 6.07) is 3.30. The van der Waals surface area contributed by atoms with E-state index in [1.54, 1.807) is 0 Å². The first kappa shape index (κ1) is 21.1. The lowest BCUT2D eigenvalue weighted by molar-refractivity contribution is 0.144. The van der Waals surface area contributed by atoms with Gasteiger partial charge in [-0.05, 0) is 43.6 Å². The number of benzene rings is 1. The highest BCUT2D eigenvalue weighted by Crippen LogP contribution is 2.26. The van der Waals surface area contributed by atoms with E-state index in [0.717, 1.165) is 19.2 Å². The Kier molecular flexibility index (Phi) is 8.38. The molecule has 0 saturated carbocycles. The minimum atomic E-state index is -3.87. The molecule has 0 aromatic heterocycles. The van der Waals surface area contributed by atoms with Crippen molar-refractivity contribution in [2.45, 2.75) is 24.3 Å². The largest absolute Gasteiger partial charge is 0.490 e. The maximum atomic E-state index is 13.5. The highest BCUT2D eigenvalue weighted by atomic mass is 35.5. The third kappa shape index (κ3) is 5.56. The Labute approximate surface area is 148 Å². The Bertz CT molecular complexity index is 630. The standard InChI is InChI=1S/C15H23FN2O4S.ClH/c1-11-10-17-6-5-13(11)18-23(19,20)15-9-12(16)3-4-14(15)22-8-7-21-2;/h3-4,9,11,13,17-18H,5-8,10H2,1-2H3;1H. The first-order chi connectivity index (χ1) is 10.9. The molecule has 1 aliphatic heterocycles. The lowest BCUT2D eigenvalue weighted by atomic mass is 9.97. The molecule has 0 aliphatic carbocycles. The quantitative estimate of drug-likeness (QED) is 0.700. The van der Waals surface area contributed by atoms with Gasteiger partial charge in [0.15, 0.2) is 0 Å². The van der Waals surface area contributed by atoms with Crippen LogP contribution < -0.4 is 14.8 Å². The van der Waals surface area contributed by atoms with Gasteiger partial charge in [0.25, 0.3) is 0 Å². The molecular weight excluding hydrogens is 359 g/mol. The van der Waals surface area contributed by atoms with E-state index >= 15 is 0 Å². The number of piperidine rings is 1. The average Bonchev–Trinajstić information content (AvgIpc) is 2.51. The van der Waals surface area contributed by atoms with E-state index in [4.69, 9.17) is 9.47 Å². The molecule has 6 nitrogen and oxygen atoms in total. The monoisotopic (exact) mass is 382 g/mol. The maximum absolute atomic E-state index is 13.5. The van der Waals surface area contributed by atoms with Crippen LogP contribution in [0.1, 0.15) is 13.3 Å². The van der Waals surface area contributed by atoms with Crippen molar-refractivity contribution < 1.29 is 22.3 Å². The molecule has 0 radical (unpaired) electrons. The minimum Gasteiger partial charge on any atom is -0.490 e. The summed E-state index contributed by atoms with van der Waals surface area (Å²) in [7, 11) is -2.35. The molecular formula is C15H24ClFN2O4S. The topological polar surface area (TPSA) is 76.7 Å². The van der Waals surface area contributed by atoms with Gasteiger partial charge in [-0.3, -0.25) is 0 Å². The molecule has 0 bridgehead atoms. The second-order valence-corrected chi connectivity index (χ2v) is 7.31. The van der Waals surface area contributed by atoms with Crippen LogP contribution in [0.5, 0.6) is 5.75 Å². The Morgan fingerprint density at radius 1 is 1.38 bits per heavy atom. The predicted octanol–water partition coefficient (Wildman–Crippen LogP) is 1.55. The van der Waals surface area contributed by atoms with Gasteiger partial charge in [0.1, 0.15) is 23.1 Å². The summed E-state index contributed by atoms with van der Waals surface area (Å²) in [5.74, 6) is -0.342. The van der Waals surface area contributed by atoms with Gasteiger partial charge in [0, 0.05) is 13.2 Å². The SMILES string of the molecule is COCCOc1ccc(F)cc1S(=O)(=O)NC1CCNCC1C.Cl. The summed E-state index contributed by atoms with van der Waals surface area (Å²) in [6.07, 6.45) is 0.690. The van der Waals surface area contributed by atoms with Gasteiger partial charge in [-0.15, -0.1) is 12.4 Å². The van der Waals surface area contributed by atoms with E-state index in [0.29, 0.717) is 13.0 Å². The summed E-state index contributed by atoms with van der Waals surface area (Å²) in [4.78, 5) is -0.181. The predicted molar refractivity (Wildman–Crippen MR) is 91.8 cm³/mol. The lowest BCUT2D eigenvalue weighted by Gasteiger charge is -2.30. The Balaban J connectivity index is 0.00000288. The lowest BCUT2D eigenvalue weighted by Crippen LogP contribution is -2.48. The summed E-state index contributed by atoms with van der Waals surface area (Å²) in [6.45, 7) is 3.97. The normalized spacial score (nSPS) is 21.1.